The number of aryl methyl sites for hydroxylation is 1. The van der Waals surface area contributed by atoms with E-state index in [1.54, 1.807) is 0 Å². The second-order valence-corrected chi connectivity index (χ2v) is 4.91. The summed E-state index contributed by atoms with van der Waals surface area (Å²) in [6.07, 6.45) is 0.879. The molecule has 1 aromatic carbocycles. The molecule has 1 atom stereocenters. The first-order valence-electron chi connectivity index (χ1n) is 5.38. The van der Waals surface area contributed by atoms with Gasteiger partial charge in [0.05, 0.1) is 6.04 Å². The topological polar surface area (TPSA) is 32.3 Å². The maximum atomic E-state index is 12.0. The normalized spacial score (nSPS) is 20.6. The van der Waals surface area contributed by atoms with Gasteiger partial charge >= 0.3 is 0 Å². The standard InChI is InChI=1S/C12H15BrN2O/c1-8-7-9(3-4-10(8)13)15-6-5-11(14-2)12(15)16/h3-4,7,11,14H,5-6H2,1-2H3. The van der Waals surface area contributed by atoms with Crippen LogP contribution in [0.25, 0.3) is 0 Å². The number of likely N-dealkylation sites (N-methyl/N-ethyl adjacent to an activating group) is 1. The Balaban J connectivity index is 2.25. The fraction of sp³-hybridized carbons (Fsp3) is 0.417. The van der Waals surface area contributed by atoms with Crippen molar-refractivity contribution in [2.45, 2.75) is 19.4 Å². The molecule has 0 radical (unpaired) electrons. The van der Waals surface area contributed by atoms with Gasteiger partial charge in [0.1, 0.15) is 0 Å². The second kappa shape index (κ2) is 4.55. The lowest BCUT2D eigenvalue weighted by molar-refractivity contribution is -0.118. The van der Waals surface area contributed by atoms with E-state index < -0.39 is 0 Å². The predicted molar refractivity (Wildman–Crippen MR) is 68.7 cm³/mol. The van der Waals surface area contributed by atoms with Gasteiger partial charge in [-0.2, -0.15) is 0 Å². The summed E-state index contributed by atoms with van der Waals surface area (Å²) in [4.78, 5) is 13.8. The number of benzene rings is 1. The molecule has 1 aliphatic rings. The molecule has 1 aromatic rings. The first-order valence-corrected chi connectivity index (χ1v) is 6.17. The molecule has 0 aliphatic carbocycles. The summed E-state index contributed by atoms with van der Waals surface area (Å²) in [5.74, 6) is 0.171. The van der Waals surface area contributed by atoms with Crippen LogP contribution in [-0.4, -0.2) is 25.5 Å². The van der Waals surface area contributed by atoms with Gasteiger partial charge in [-0.15, -0.1) is 0 Å². The van der Waals surface area contributed by atoms with Crippen LogP contribution in [0.3, 0.4) is 0 Å². The van der Waals surface area contributed by atoms with Crippen molar-refractivity contribution in [3.05, 3.63) is 28.2 Å². The fourth-order valence-corrected chi connectivity index (χ4v) is 2.25. The zero-order valence-electron chi connectivity index (χ0n) is 9.46. The third-order valence-corrected chi connectivity index (χ3v) is 3.90. The lowest BCUT2D eigenvalue weighted by Gasteiger charge is -2.17. The minimum absolute atomic E-state index is 0.0241. The van der Waals surface area contributed by atoms with E-state index in [0.29, 0.717) is 0 Å². The van der Waals surface area contributed by atoms with Crippen LogP contribution < -0.4 is 10.2 Å². The van der Waals surface area contributed by atoms with Gasteiger partial charge in [0.15, 0.2) is 0 Å². The first kappa shape index (κ1) is 11.6. The van der Waals surface area contributed by atoms with E-state index in [1.165, 1.54) is 0 Å². The predicted octanol–water partition coefficient (Wildman–Crippen LogP) is 2.08. The van der Waals surface area contributed by atoms with Crippen molar-refractivity contribution >= 4 is 27.5 Å². The fourth-order valence-electron chi connectivity index (χ4n) is 2.00. The van der Waals surface area contributed by atoms with Gasteiger partial charge in [-0.25, -0.2) is 0 Å². The molecule has 2 rings (SSSR count). The third-order valence-electron chi connectivity index (χ3n) is 3.01. The summed E-state index contributed by atoms with van der Waals surface area (Å²) in [6, 6.07) is 5.99. The highest BCUT2D eigenvalue weighted by atomic mass is 79.9. The number of halogens is 1. The van der Waals surface area contributed by atoms with Crippen molar-refractivity contribution in [3.8, 4) is 0 Å². The highest BCUT2D eigenvalue weighted by molar-refractivity contribution is 9.10. The van der Waals surface area contributed by atoms with Crippen LogP contribution in [0, 0.1) is 6.92 Å². The Morgan fingerprint density at radius 3 is 2.81 bits per heavy atom. The highest BCUT2D eigenvalue weighted by Crippen LogP contribution is 2.26. The monoisotopic (exact) mass is 282 g/mol. The van der Waals surface area contributed by atoms with Gasteiger partial charge in [-0.1, -0.05) is 15.9 Å². The number of carbonyl (C=O) groups excluding carboxylic acids is 1. The van der Waals surface area contributed by atoms with E-state index in [1.807, 2.05) is 37.1 Å². The maximum Gasteiger partial charge on any atom is 0.244 e. The molecule has 1 fully saturated rings. The molecule has 1 amide bonds. The molecule has 0 bridgehead atoms. The zero-order chi connectivity index (χ0) is 11.7. The summed E-state index contributed by atoms with van der Waals surface area (Å²) in [5, 5.41) is 3.04. The van der Waals surface area contributed by atoms with Gasteiger partial charge in [-0.3, -0.25) is 4.79 Å². The molecule has 1 aliphatic heterocycles. The number of hydrogen-bond acceptors (Lipinski definition) is 2. The van der Waals surface area contributed by atoms with Gasteiger partial charge in [-0.05, 0) is 44.2 Å². The molecule has 0 spiro atoms. The lowest BCUT2D eigenvalue weighted by Crippen LogP contribution is -2.36. The number of nitrogens with one attached hydrogen (secondary N) is 1. The molecule has 16 heavy (non-hydrogen) atoms. The average Bonchev–Trinajstić information content (AvgIpc) is 2.64. The van der Waals surface area contributed by atoms with Crippen molar-refractivity contribution in [3.63, 3.8) is 0 Å². The first-order chi connectivity index (χ1) is 7.63. The van der Waals surface area contributed by atoms with Gasteiger partial charge in [0, 0.05) is 16.7 Å². The molecule has 3 nitrogen and oxygen atoms in total. The molecule has 0 aromatic heterocycles. The minimum atomic E-state index is -0.0241. The molecule has 1 heterocycles. The van der Waals surface area contributed by atoms with Crippen LogP contribution in [0.4, 0.5) is 5.69 Å². The van der Waals surface area contributed by atoms with Crippen LogP contribution in [0.2, 0.25) is 0 Å². The van der Waals surface area contributed by atoms with E-state index >= 15 is 0 Å². The Hall–Kier alpha value is -0.870. The maximum absolute atomic E-state index is 12.0. The van der Waals surface area contributed by atoms with Crippen molar-refractivity contribution in [2.75, 3.05) is 18.5 Å². The number of carbonyl (C=O) groups is 1. The number of rotatable bonds is 2. The van der Waals surface area contributed by atoms with Crippen molar-refractivity contribution in [2.24, 2.45) is 0 Å². The van der Waals surface area contributed by atoms with Crippen molar-refractivity contribution < 1.29 is 4.79 Å². The molecular weight excluding hydrogens is 268 g/mol. The molecule has 86 valence electrons. The molecule has 1 unspecified atom stereocenters. The van der Waals surface area contributed by atoms with E-state index in [-0.39, 0.29) is 11.9 Å². The minimum Gasteiger partial charge on any atom is -0.311 e. The Labute approximate surface area is 104 Å². The van der Waals surface area contributed by atoms with E-state index in [4.69, 9.17) is 0 Å². The highest BCUT2D eigenvalue weighted by Gasteiger charge is 2.31. The van der Waals surface area contributed by atoms with Crippen LogP contribution in [0.1, 0.15) is 12.0 Å². The lowest BCUT2D eigenvalue weighted by atomic mass is 10.2. The Morgan fingerprint density at radius 2 is 2.25 bits per heavy atom. The van der Waals surface area contributed by atoms with Crippen LogP contribution in [-0.2, 0) is 4.79 Å². The molecular formula is C12H15BrN2O. The van der Waals surface area contributed by atoms with Gasteiger partial charge in [0.2, 0.25) is 5.91 Å². The number of amides is 1. The number of nitrogens with zero attached hydrogens (tertiary/aromatic N) is 1. The summed E-state index contributed by atoms with van der Waals surface area (Å²) < 4.78 is 1.08. The Bertz CT molecular complexity index is 419. The molecule has 4 heteroatoms. The van der Waals surface area contributed by atoms with Crippen molar-refractivity contribution in [1.29, 1.82) is 0 Å². The zero-order valence-corrected chi connectivity index (χ0v) is 11.0. The SMILES string of the molecule is CNC1CCN(c2ccc(Br)c(C)c2)C1=O. The summed E-state index contributed by atoms with van der Waals surface area (Å²) in [5.41, 5.74) is 2.14. The number of anilines is 1. The molecule has 0 saturated carbocycles. The second-order valence-electron chi connectivity index (χ2n) is 4.05. The molecule has 1 N–H and O–H groups in total. The third kappa shape index (κ3) is 1.99. The van der Waals surface area contributed by atoms with Crippen molar-refractivity contribution in [1.82, 2.24) is 5.32 Å². The largest absolute Gasteiger partial charge is 0.311 e. The van der Waals surface area contributed by atoms with Crippen LogP contribution in [0.15, 0.2) is 22.7 Å². The number of hydrogen-bond donors (Lipinski definition) is 1. The summed E-state index contributed by atoms with van der Waals surface area (Å²) in [6.45, 7) is 2.83. The van der Waals surface area contributed by atoms with Gasteiger partial charge in [0.25, 0.3) is 0 Å². The smallest absolute Gasteiger partial charge is 0.244 e. The quantitative estimate of drug-likeness (QED) is 0.901. The molecule has 1 saturated heterocycles. The van der Waals surface area contributed by atoms with E-state index in [0.717, 1.165) is 28.7 Å². The summed E-state index contributed by atoms with van der Waals surface area (Å²) in [7, 11) is 1.83. The van der Waals surface area contributed by atoms with Gasteiger partial charge < -0.3 is 10.2 Å². The Kier molecular flexibility index (Phi) is 3.30. The Morgan fingerprint density at radius 1 is 1.50 bits per heavy atom. The van der Waals surface area contributed by atoms with E-state index in [2.05, 4.69) is 21.2 Å². The average molecular weight is 283 g/mol. The van der Waals surface area contributed by atoms with Crippen LogP contribution in [0.5, 0.6) is 0 Å². The summed E-state index contributed by atoms with van der Waals surface area (Å²) >= 11 is 3.46. The van der Waals surface area contributed by atoms with E-state index in [9.17, 15) is 4.79 Å². The van der Waals surface area contributed by atoms with Crippen LogP contribution >= 0.6 is 15.9 Å².